The monoisotopic (exact) mass is 350 g/mol. The summed E-state index contributed by atoms with van der Waals surface area (Å²) in [5.41, 5.74) is 4.89. The zero-order valence-corrected chi connectivity index (χ0v) is 15.3. The van der Waals surface area contributed by atoms with Crippen molar-refractivity contribution in [1.82, 2.24) is 20.0 Å². The van der Waals surface area contributed by atoms with Crippen molar-refractivity contribution >= 4 is 5.91 Å². The molecule has 0 saturated carbocycles. The molecule has 2 saturated heterocycles. The molecule has 3 atom stereocenters. The Morgan fingerprint density at radius 2 is 1.96 bits per heavy atom. The molecule has 1 N–H and O–H groups in total. The summed E-state index contributed by atoms with van der Waals surface area (Å²) >= 11 is 0. The lowest BCUT2D eigenvalue weighted by Gasteiger charge is -2.27. The molecule has 0 spiro atoms. The largest absolute Gasteiger partial charge is 0.342 e. The topological polar surface area (TPSA) is 50.2 Å². The van der Waals surface area contributed by atoms with Gasteiger partial charge in [0.15, 0.2) is 0 Å². The number of rotatable bonds is 2. The van der Waals surface area contributed by atoms with Gasteiger partial charge in [0.2, 0.25) is 5.91 Å². The van der Waals surface area contributed by atoms with E-state index in [1.165, 1.54) is 23.2 Å². The number of carbonyl (C=O) groups excluding carboxylic acids is 1. The van der Waals surface area contributed by atoms with Gasteiger partial charge >= 0.3 is 0 Å². The Morgan fingerprint density at radius 3 is 2.69 bits per heavy atom. The van der Waals surface area contributed by atoms with E-state index in [1.807, 2.05) is 17.8 Å². The summed E-state index contributed by atoms with van der Waals surface area (Å²) in [7, 11) is 2.03. The fourth-order valence-electron chi connectivity index (χ4n) is 5.20. The highest BCUT2D eigenvalue weighted by molar-refractivity contribution is 5.80. The first kappa shape index (κ1) is 16.1. The highest BCUT2D eigenvalue weighted by atomic mass is 16.2. The fourth-order valence-corrected chi connectivity index (χ4v) is 5.20. The van der Waals surface area contributed by atoms with Crippen LogP contribution in [0.2, 0.25) is 0 Å². The van der Waals surface area contributed by atoms with Crippen molar-refractivity contribution in [2.75, 3.05) is 13.1 Å². The van der Waals surface area contributed by atoms with Crippen LogP contribution in [0.5, 0.6) is 0 Å². The third-order valence-electron chi connectivity index (χ3n) is 6.45. The molecule has 3 aliphatic heterocycles. The zero-order chi connectivity index (χ0) is 17.7. The maximum atomic E-state index is 13.1. The highest BCUT2D eigenvalue weighted by Gasteiger charge is 2.44. The summed E-state index contributed by atoms with van der Waals surface area (Å²) in [6.45, 7) is 1.61. The van der Waals surface area contributed by atoms with E-state index in [9.17, 15) is 4.79 Å². The molecule has 5 rings (SSSR count). The quantitative estimate of drug-likeness (QED) is 0.903. The van der Waals surface area contributed by atoms with E-state index in [2.05, 4.69) is 34.5 Å². The molecule has 0 radical (unpaired) electrons. The van der Waals surface area contributed by atoms with Crippen LogP contribution in [0.4, 0.5) is 0 Å². The van der Waals surface area contributed by atoms with E-state index in [-0.39, 0.29) is 5.92 Å². The van der Waals surface area contributed by atoms with Crippen LogP contribution in [0.1, 0.15) is 30.5 Å². The molecule has 0 aliphatic carbocycles. The summed E-state index contributed by atoms with van der Waals surface area (Å²) in [6, 6.07) is 11.5. The molecule has 2 aromatic rings. The van der Waals surface area contributed by atoms with Crippen molar-refractivity contribution in [3.05, 3.63) is 41.6 Å². The number of nitrogens with zero attached hydrogens (tertiary/aromatic N) is 3. The van der Waals surface area contributed by atoms with E-state index in [1.54, 1.807) is 0 Å². The second-order valence-electron chi connectivity index (χ2n) is 7.98. The van der Waals surface area contributed by atoms with Crippen molar-refractivity contribution in [1.29, 1.82) is 0 Å². The smallest absolute Gasteiger partial charge is 0.227 e. The molecule has 26 heavy (non-hydrogen) atoms. The maximum absolute atomic E-state index is 13.1. The lowest BCUT2D eigenvalue weighted by molar-refractivity contribution is -0.136. The summed E-state index contributed by atoms with van der Waals surface area (Å²) < 4.78 is 2.01. The van der Waals surface area contributed by atoms with E-state index in [0.717, 1.165) is 44.5 Å². The first-order chi connectivity index (χ1) is 12.7. The Bertz CT molecular complexity index is 828. The predicted molar refractivity (Wildman–Crippen MR) is 101 cm³/mol. The van der Waals surface area contributed by atoms with Gasteiger partial charge in [0, 0.05) is 49.8 Å². The van der Waals surface area contributed by atoms with E-state index in [0.29, 0.717) is 18.0 Å². The van der Waals surface area contributed by atoms with Gasteiger partial charge in [-0.3, -0.25) is 9.48 Å². The van der Waals surface area contributed by atoms with Gasteiger partial charge in [-0.25, -0.2) is 0 Å². The summed E-state index contributed by atoms with van der Waals surface area (Å²) in [5, 5.41) is 8.38. The Labute approximate surface area is 154 Å². The van der Waals surface area contributed by atoms with Crippen molar-refractivity contribution in [3.8, 4) is 11.3 Å². The van der Waals surface area contributed by atoms with Gasteiger partial charge in [-0.1, -0.05) is 30.3 Å². The standard InChI is InChI=1S/C21H26N4O/c1-24-20(14-5-3-2-4-6-14)16-9-11-25(12-10-19(16)23-24)21(26)17-13-15-7-8-18(17)22-15/h2-6,15,17-18,22H,7-13H2,1H3/t15-,17+,18+/m1/s1. The van der Waals surface area contributed by atoms with Crippen LogP contribution in [-0.4, -0.2) is 45.8 Å². The average Bonchev–Trinajstić information content (AvgIpc) is 3.33. The van der Waals surface area contributed by atoms with Gasteiger partial charge in [0.1, 0.15) is 0 Å². The summed E-state index contributed by atoms with van der Waals surface area (Å²) in [5.74, 6) is 0.555. The number of hydrogen-bond donors (Lipinski definition) is 1. The van der Waals surface area contributed by atoms with Crippen molar-refractivity contribution in [2.24, 2.45) is 13.0 Å². The van der Waals surface area contributed by atoms with Crippen LogP contribution in [0.3, 0.4) is 0 Å². The fraction of sp³-hybridized carbons (Fsp3) is 0.524. The molecule has 2 fully saturated rings. The first-order valence-electron chi connectivity index (χ1n) is 9.85. The minimum Gasteiger partial charge on any atom is -0.342 e. The molecule has 5 nitrogen and oxygen atoms in total. The maximum Gasteiger partial charge on any atom is 0.227 e. The van der Waals surface area contributed by atoms with Gasteiger partial charge in [-0.05, 0) is 25.7 Å². The summed E-state index contributed by atoms with van der Waals surface area (Å²) in [6.07, 6.45) is 5.19. The van der Waals surface area contributed by atoms with Crippen molar-refractivity contribution in [3.63, 3.8) is 0 Å². The van der Waals surface area contributed by atoms with Gasteiger partial charge in [-0.15, -0.1) is 0 Å². The number of hydrogen-bond acceptors (Lipinski definition) is 3. The Hall–Kier alpha value is -2.14. The third-order valence-corrected chi connectivity index (χ3v) is 6.45. The van der Waals surface area contributed by atoms with Crippen molar-refractivity contribution in [2.45, 2.75) is 44.2 Å². The molecule has 136 valence electrons. The molecule has 1 aromatic heterocycles. The molecule has 3 aliphatic rings. The first-order valence-corrected chi connectivity index (χ1v) is 9.85. The van der Waals surface area contributed by atoms with E-state index in [4.69, 9.17) is 5.10 Å². The zero-order valence-electron chi connectivity index (χ0n) is 15.3. The SMILES string of the molecule is Cn1nc2c(c1-c1ccccc1)CCN(C(=O)[C@H]1C[C@H]3CC[C@@H]1N3)CC2. The van der Waals surface area contributed by atoms with Crippen LogP contribution in [0, 0.1) is 5.92 Å². The number of aromatic nitrogens is 2. The van der Waals surface area contributed by atoms with Crippen molar-refractivity contribution < 1.29 is 4.79 Å². The Kier molecular flexibility index (Phi) is 3.85. The van der Waals surface area contributed by atoms with Crippen LogP contribution in [0.25, 0.3) is 11.3 Å². The van der Waals surface area contributed by atoms with Gasteiger partial charge in [0.05, 0.1) is 17.3 Å². The molecular formula is C21H26N4O. The second kappa shape index (κ2) is 6.23. The van der Waals surface area contributed by atoms with Gasteiger partial charge in [-0.2, -0.15) is 5.10 Å². The minimum absolute atomic E-state index is 0.193. The van der Waals surface area contributed by atoms with E-state index < -0.39 is 0 Å². The molecule has 1 aromatic carbocycles. The Morgan fingerprint density at radius 1 is 1.15 bits per heavy atom. The van der Waals surface area contributed by atoms with E-state index >= 15 is 0 Å². The van der Waals surface area contributed by atoms with Crippen LogP contribution in [-0.2, 0) is 24.7 Å². The number of fused-ring (bicyclic) bond motifs is 3. The van der Waals surface area contributed by atoms with Crippen LogP contribution < -0.4 is 5.32 Å². The van der Waals surface area contributed by atoms with Gasteiger partial charge in [0.25, 0.3) is 0 Å². The average molecular weight is 350 g/mol. The lowest BCUT2D eigenvalue weighted by atomic mass is 9.88. The van der Waals surface area contributed by atoms with Crippen LogP contribution >= 0.6 is 0 Å². The predicted octanol–water partition coefficient (Wildman–Crippen LogP) is 2.15. The lowest BCUT2D eigenvalue weighted by Crippen LogP contribution is -2.42. The number of benzene rings is 1. The number of nitrogens with one attached hydrogen (secondary N) is 1. The molecule has 2 bridgehead atoms. The minimum atomic E-state index is 0.193. The Balaban J connectivity index is 1.37. The molecule has 5 heteroatoms. The van der Waals surface area contributed by atoms with Crippen LogP contribution in [0.15, 0.2) is 30.3 Å². The summed E-state index contributed by atoms with van der Waals surface area (Å²) in [4.78, 5) is 15.2. The molecule has 1 amide bonds. The van der Waals surface area contributed by atoms with Gasteiger partial charge < -0.3 is 10.2 Å². The third kappa shape index (κ3) is 2.57. The molecular weight excluding hydrogens is 324 g/mol. The normalized spacial score (nSPS) is 27.4. The molecule has 4 heterocycles. The highest BCUT2D eigenvalue weighted by Crippen LogP contribution is 2.35. The number of carbonyl (C=O) groups is 1. The molecule has 0 unspecified atom stereocenters. The number of aryl methyl sites for hydroxylation is 1. The second-order valence-corrected chi connectivity index (χ2v) is 7.98. The number of amides is 1.